The van der Waals surface area contributed by atoms with Crippen LogP contribution in [0.25, 0.3) is 0 Å². The molecule has 0 amide bonds. The first kappa shape index (κ1) is 12.3. The van der Waals surface area contributed by atoms with Gasteiger partial charge < -0.3 is 20.5 Å². The molecule has 0 saturated carbocycles. The second-order valence-electron chi connectivity index (χ2n) is 3.63. The highest BCUT2D eigenvalue weighted by atomic mass is 16.4. The van der Waals surface area contributed by atoms with Gasteiger partial charge in [0, 0.05) is 30.9 Å². The quantitative estimate of drug-likeness (QED) is 0.589. The van der Waals surface area contributed by atoms with Crippen LogP contribution in [-0.2, 0) is 9.59 Å². The number of aliphatic carboxylic acids is 1. The molecule has 5 heteroatoms. The molecule has 5 nitrogen and oxygen atoms in total. The van der Waals surface area contributed by atoms with Gasteiger partial charge in [0.2, 0.25) is 0 Å². The van der Waals surface area contributed by atoms with Crippen molar-refractivity contribution in [1.29, 1.82) is 0 Å². The molecular formula is C11H16N2O3. The number of hydrogen-bond acceptors (Lipinski definition) is 4. The number of dihydropyridines is 1. The number of hydrogen-bond donors (Lipinski definition) is 3. The van der Waals surface area contributed by atoms with Crippen molar-refractivity contribution in [3.8, 4) is 0 Å². The zero-order chi connectivity index (χ0) is 12.1. The van der Waals surface area contributed by atoms with Crippen molar-refractivity contribution in [2.75, 3.05) is 7.05 Å². The molecule has 0 fully saturated rings. The Morgan fingerprint density at radius 3 is 2.88 bits per heavy atom. The lowest BCUT2D eigenvalue weighted by Gasteiger charge is -2.25. The summed E-state index contributed by atoms with van der Waals surface area (Å²) in [5.41, 5.74) is 1.47. The van der Waals surface area contributed by atoms with Gasteiger partial charge in [0.1, 0.15) is 11.9 Å². The van der Waals surface area contributed by atoms with Gasteiger partial charge in [-0.2, -0.15) is 0 Å². The molecule has 1 heterocycles. The zero-order valence-corrected chi connectivity index (χ0v) is 9.41. The molecule has 3 N–H and O–H groups in total. The number of carbonyl (C=O) groups excluding carboxylic acids is 1. The Morgan fingerprint density at radius 2 is 2.38 bits per heavy atom. The largest absolute Gasteiger partial charge is 0.478 e. The molecule has 1 atom stereocenters. The van der Waals surface area contributed by atoms with Crippen LogP contribution in [0.2, 0.25) is 0 Å². The third kappa shape index (κ3) is 2.62. The standard InChI is InChI=1S/C11H16N2O3/c1-7-10(11(15)16)9(12-2)6-8(13-7)4-3-5-14/h5-6,8,12-13H,3-4H2,1-2H3,(H,15,16). The number of likely N-dealkylation sites (N-methyl/N-ethyl adjacent to an activating group) is 1. The Hall–Kier alpha value is -1.78. The van der Waals surface area contributed by atoms with Crippen molar-refractivity contribution in [2.24, 2.45) is 0 Å². The van der Waals surface area contributed by atoms with Gasteiger partial charge in [0.15, 0.2) is 0 Å². The number of carboxylic acids is 1. The van der Waals surface area contributed by atoms with Gasteiger partial charge in [-0.3, -0.25) is 0 Å². The first-order valence-corrected chi connectivity index (χ1v) is 5.14. The second kappa shape index (κ2) is 5.34. The van der Waals surface area contributed by atoms with Crippen LogP contribution >= 0.6 is 0 Å². The van der Waals surface area contributed by atoms with E-state index in [4.69, 9.17) is 5.11 Å². The van der Waals surface area contributed by atoms with Gasteiger partial charge in [0.05, 0.1) is 0 Å². The molecule has 0 radical (unpaired) electrons. The van der Waals surface area contributed by atoms with E-state index in [2.05, 4.69) is 10.6 Å². The van der Waals surface area contributed by atoms with E-state index in [0.29, 0.717) is 24.2 Å². The summed E-state index contributed by atoms with van der Waals surface area (Å²) in [4.78, 5) is 21.3. The first-order chi connectivity index (χ1) is 7.60. The fourth-order valence-electron chi connectivity index (χ4n) is 1.77. The minimum Gasteiger partial charge on any atom is -0.478 e. The highest BCUT2D eigenvalue weighted by Gasteiger charge is 2.22. The molecule has 1 aliphatic heterocycles. The third-order valence-corrected chi connectivity index (χ3v) is 2.49. The highest BCUT2D eigenvalue weighted by molar-refractivity contribution is 5.92. The normalized spacial score (nSPS) is 19.9. The van der Waals surface area contributed by atoms with E-state index in [1.807, 2.05) is 0 Å². The number of rotatable bonds is 5. The number of aldehydes is 1. The molecule has 0 aliphatic carbocycles. The molecule has 1 unspecified atom stereocenters. The van der Waals surface area contributed by atoms with Gasteiger partial charge >= 0.3 is 5.97 Å². The summed E-state index contributed by atoms with van der Waals surface area (Å²) in [5.74, 6) is -0.959. The monoisotopic (exact) mass is 224 g/mol. The molecule has 0 aromatic heterocycles. The molecule has 16 heavy (non-hydrogen) atoms. The summed E-state index contributed by atoms with van der Waals surface area (Å²) in [7, 11) is 1.68. The van der Waals surface area contributed by atoms with Crippen LogP contribution < -0.4 is 10.6 Å². The van der Waals surface area contributed by atoms with E-state index in [1.165, 1.54) is 0 Å². The van der Waals surface area contributed by atoms with Gasteiger partial charge in [-0.1, -0.05) is 0 Å². The summed E-state index contributed by atoms with van der Waals surface area (Å²) in [5, 5.41) is 15.0. The molecule has 0 aromatic rings. The van der Waals surface area contributed by atoms with Crippen molar-refractivity contribution in [3.05, 3.63) is 23.0 Å². The van der Waals surface area contributed by atoms with Crippen LogP contribution in [0.4, 0.5) is 0 Å². The second-order valence-corrected chi connectivity index (χ2v) is 3.63. The van der Waals surface area contributed by atoms with Gasteiger partial charge in [-0.15, -0.1) is 0 Å². The third-order valence-electron chi connectivity index (χ3n) is 2.49. The predicted molar refractivity (Wildman–Crippen MR) is 59.7 cm³/mol. The summed E-state index contributed by atoms with van der Waals surface area (Å²) < 4.78 is 0. The van der Waals surface area contributed by atoms with Crippen molar-refractivity contribution < 1.29 is 14.7 Å². The Morgan fingerprint density at radius 1 is 1.69 bits per heavy atom. The van der Waals surface area contributed by atoms with Crippen LogP contribution in [0.3, 0.4) is 0 Å². The molecule has 1 aliphatic rings. The lowest BCUT2D eigenvalue weighted by Crippen LogP contribution is -2.35. The van der Waals surface area contributed by atoms with Crippen LogP contribution in [0.5, 0.6) is 0 Å². The van der Waals surface area contributed by atoms with Gasteiger partial charge in [0.25, 0.3) is 0 Å². The van der Waals surface area contributed by atoms with E-state index >= 15 is 0 Å². The maximum atomic E-state index is 11.0. The maximum absolute atomic E-state index is 11.0. The zero-order valence-electron chi connectivity index (χ0n) is 9.41. The van der Waals surface area contributed by atoms with E-state index in [1.54, 1.807) is 20.0 Å². The number of allylic oxidation sites excluding steroid dienone is 1. The molecule has 88 valence electrons. The predicted octanol–water partition coefficient (Wildman–Crippen LogP) is 0.399. The van der Waals surface area contributed by atoms with Crippen LogP contribution in [-0.4, -0.2) is 30.5 Å². The van der Waals surface area contributed by atoms with Gasteiger partial charge in [-0.05, 0) is 19.4 Å². The van der Waals surface area contributed by atoms with Crippen molar-refractivity contribution in [3.63, 3.8) is 0 Å². The smallest absolute Gasteiger partial charge is 0.339 e. The van der Waals surface area contributed by atoms with Crippen LogP contribution in [0.1, 0.15) is 19.8 Å². The average Bonchev–Trinajstić information content (AvgIpc) is 2.24. The van der Waals surface area contributed by atoms with Crippen molar-refractivity contribution in [1.82, 2.24) is 10.6 Å². The van der Waals surface area contributed by atoms with Crippen molar-refractivity contribution >= 4 is 12.3 Å². The minimum atomic E-state index is -0.959. The first-order valence-electron chi connectivity index (χ1n) is 5.14. The summed E-state index contributed by atoms with van der Waals surface area (Å²) in [6.45, 7) is 1.72. The summed E-state index contributed by atoms with van der Waals surface area (Å²) in [6, 6.07) is 0.00995. The molecule has 0 saturated heterocycles. The van der Waals surface area contributed by atoms with E-state index in [0.717, 1.165) is 6.29 Å². The molecule has 1 rings (SSSR count). The van der Waals surface area contributed by atoms with E-state index in [9.17, 15) is 9.59 Å². The number of nitrogens with one attached hydrogen (secondary N) is 2. The van der Waals surface area contributed by atoms with Crippen LogP contribution in [0, 0.1) is 0 Å². The average molecular weight is 224 g/mol. The molecular weight excluding hydrogens is 208 g/mol. The molecule has 0 aromatic carbocycles. The van der Waals surface area contributed by atoms with Crippen molar-refractivity contribution in [2.45, 2.75) is 25.8 Å². The van der Waals surface area contributed by atoms with Gasteiger partial charge in [-0.25, -0.2) is 4.79 Å². The topological polar surface area (TPSA) is 78.4 Å². The highest BCUT2D eigenvalue weighted by Crippen LogP contribution is 2.19. The lowest BCUT2D eigenvalue weighted by atomic mass is 10.0. The number of carbonyl (C=O) groups is 2. The fourth-order valence-corrected chi connectivity index (χ4v) is 1.77. The fraction of sp³-hybridized carbons (Fsp3) is 0.455. The summed E-state index contributed by atoms with van der Waals surface area (Å²) >= 11 is 0. The maximum Gasteiger partial charge on any atom is 0.339 e. The molecule has 0 spiro atoms. The molecule has 0 bridgehead atoms. The minimum absolute atomic E-state index is 0.00995. The Balaban J connectivity index is 2.88. The SMILES string of the molecule is CNC1=CC(CCC=O)NC(C)=C1C(=O)O. The van der Waals surface area contributed by atoms with Crippen LogP contribution in [0.15, 0.2) is 23.0 Å². The van der Waals surface area contributed by atoms with E-state index in [-0.39, 0.29) is 11.6 Å². The Labute approximate surface area is 94.2 Å². The Kier molecular flexibility index (Phi) is 4.10. The lowest BCUT2D eigenvalue weighted by molar-refractivity contribution is -0.132. The number of carboxylic acid groups (broad SMARTS) is 1. The summed E-state index contributed by atoms with van der Waals surface area (Å²) in [6.07, 6.45) is 3.79. The Bertz CT molecular complexity index is 358. The van der Waals surface area contributed by atoms with E-state index < -0.39 is 5.97 Å².